The summed E-state index contributed by atoms with van der Waals surface area (Å²) in [6.07, 6.45) is 7.38. The van der Waals surface area contributed by atoms with Crippen molar-refractivity contribution in [1.82, 2.24) is 10.2 Å². The lowest BCUT2D eigenvalue weighted by Gasteiger charge is -2.26. The second kappa shape index (κ2) is 7.26. The first kappa shape index (κ1) is 16.3. The van der Waals surface area contributed by atoms with Gasteiger partial charge in [-0.1, -0.05) is 12.8 Å². The normalized spacial score (nSPS) is 28.9. The highest BCUT2D eigenvalue weighted by Gasteiger charge is 2.41. The zero-order valence-electron chi connectivity index (χ0n) is 12.3. The molecule has 3 aliphatic rings. The predicted octanol–water partition coefficient (Wildman–Crippen LogP) is 1.96. The van der Waals surface area contributed by atoms with E-state index in [9.17, 15) is 0 Å². The molecule has 2 heterocycles. The van der Waals surface area contributed by atoms with Gasteiger partial charge in [0, 0.05) is 33.0 Å². The summed E-state index contributed by atoms with van der Waals surface area (Å²) in [5, 5.41) is 3.38. The van der Waals surface area contributed by atoms with Crippen LogP contribution in [-0.4, -0.2) is 56.0 Å². The van der Waals surface area contributed by atoms with Crippen LogP contribution in [0.2, 0.25) is 0 Å². The summed E-state index contributed by atoms with van der Waals surface area (Å²) in [5.74, 6) is 0.720. The second-order valence-corrected chi connectivity index (χ2v) is 5.88. The molecule has 1 atom stereocenters. The first-order valence-electron chi connectivity index (χ1n) is 7.59. The zero-order valence-corrected chi connectivity index (χ0v) is 14.6. The van der Waals surface area contributed by atoms with Gasteiger partial charge in [0.1, 0.15) is 6.10 Å². The number of halogens is 1. The molecule has 1 aliphatic carbocycles. The van der Waals surface area contributed by atoms with Crippen LogP contribution in [0.3, 0.4) is 0 Å². The fraction of sp³-hybridized carbons (Fsp3) is 0.929. The maximum Gasteiger partial charge on any atom is 0.193 e. The molecule has 0 radical (unpaired) electrons. The van der Waals surface area contributed by atoms with E-state index in [1.807, 2.05) is 0 Å². The van der Waals surface area contributed by atoms with Gasteiger partial charge in [0.05, 0.1) is 13.2 Å². The SMILES string of the molecule is CN1CCN=C1NCC1COC2(CCCCCC2)O1.I. The molecule has 116 valence electrons. The maximum atomic E-state index is 6.21. The van der Waals surface area contributed by atoms with Crippen LogP contribution < -0.4 is 5.32 Å². The Morgan fingerprint density at radius 2 is 2.05 bits per heavy atom. The Morgan fingerprint density at radius 1 is 1.30 bits per heavy atom. The number of rotatable bonds is 2. The molecule has 1 spiro atoms. The fourth-order valence-electron chi connectivity index (χ4n) is 3.18. The van der Waals surface area contributed by atoms with Crippen molar-refractivity contribution in [2.45, 2.75) is 50.4 Å². The van der Waals surface area contributed by atoms with E-state index in [0.717, 1.165) is 38.4 Å². The Balaban J connectivity index is 0.00000147. The van der Waals surface area contributed by atoms with Crippen LogP contribution in [0.1, 0.15) is 38.5 Å². The zero-order chi connectivity index (χ0) is 13.1. The van der Waals surface area contributed by atoms with E-state index in [4.69, 9.17) is 9.47 Å². The van der Waals surface area contributed by atoms with E-state index >= 15 is 0 Å². The van der Waals surface area contributed by atoms with Crippen molar-refractivity contribution in [2.75, 3.05) is 33.3 Å². The Bertz CT molecular complexity index is 343. The van der Waals surface area contributed by atoms with Crippen molar-refractivity contribution in [3.63, 3.8) is 0 Å². The largest absolute Gasteiger partial charge is 0.354 e. The van der Waals surface area contributed by atoms with Gasteiger partial charge in [-0.05, 0) is 12.8 Å². The van der Waals surface area contributed by atoms with E-state index in [-0.39, 0.29) is 35.9 Å². The summed E-state index contributed by atoms with van der Waals surface area (Å²) >= 11 is 0. The molecule has 1 unspecified atom stereocenters. The van der Waals surface area contributed by atoms with Gasteiger partial charge in [-0.15, -0.1) is 24.0 Å². The third-order valence-electron chi connectivity index (χ3n) is 4.33. The van der Waals surface area contributed by atoms with Gasteiger partial charge in [0.25, 0.3) is 0 Å². The van der Waals surface area contributed by atoms with Gasteiger partial charge >= 0.3 is 0 Å². The first-order valence-corrected chi connectivity index (χ1v) is 7.59. The summed E-state index contributed by atoms with van der Waals surface area (Å²) in [7, 11) is 2.07. The molecule has 0 bridgehead atoms. The summed E-state index contributed by atoms with van der Waals surface area (Å²) in [6.45, 7) is 3.41. The van der Waals surface area contributed by atoms with Crippen molar-refractivity contribution in [3.8, 4) is 0 Å². The lowest BCUT2D eigenvalue weighted by Crippen LogP contribution is -2.41. The number of hydrogen-bond acceptors (Lipinski definition) is 5. The van der Waals surface area contributed by atoms with Crippen LogP contribution in [0.5, 0.6) is 0 Å². The molecule has 1 saturated carbocycles. The Kier molecular flexibility index (Phi) is 5.92. The van der Waals surface area contributed by atoms with E-state index < -0.39 is 0 Å². The molecule has 6 heteroatoms. The third-order valence-corrected chi connectivity index (χ3v) is 4.33. The van der Waals surface area contributed by atoms with E-state index in [1.165, 1.54) is 25.7 Å². The van der Waals surface area contributed by atoms with Gasteiger partial charge in [-0.3, -0.25) is 4.99 Å². The maximum absolute atomic E-state index is 6.21. The minimum absolute atomic E-state index is 0. The topological polar surface area (TPSA) is 46.1 Å². The number of ether oxygens (including phenoxy) is 2. The van der Waals surface area contributed by atoms with E-state index in [2.05, 4.69) is 22.3 Å². The quantitative estimate of drug-likeness (QED) is 0.727. The highest BCUT2D eigenvalue weighted by molar-refractivity contribution is 14.0. The van der Waals surface area contributed by atoms with Crippen LogP contribution in [0.4, 0.5) is 0 Å². The van der Waals surface area contributed by atoms with Crippen molar-refractivity contribution in [2.24, 2.45) is 4.99 Å². The van der Waals surface area contributed by atoms with Crippen molar-refractivity contribution in [1.29, 1.82) is 0 Å². The Labute approximate surface area is 138 Å². The van der Waals surface area contributed by atoms with Gasteiger partial charge in [-0.2, -0.15) is 0 Å². The molecular formula is C14H26IN3O2. The minimum atomic E-state index is -0.272. The molecule has 2 fully saturated rings. The van der Waals surface area contributed by atoms with Crippen LogP contribution in [0.15, 0.2) is 4.99 Å². The molecule has 5 nitrogen and oxygen atoms in total. The molecule has 0 aromatic carbocycles. The number of hydrogen-bond donors (Lipinski definition) is 1. The summed E-state index contributed by atoms with van der Waals surface area (Å²) in [5.41, 5.74) is 0. The van der Waals surface area contributed by atoms with Crippen LogP contribution in [-0.2, 0) is 9.47 Å². The highest BCUT2D eigenvalue weighted by Crippen LogP contribution is 2.36. The summed E-state index contributed by atoms with van der Waals surface area (Å²) in [4.78, 5) is 6.58. The number of guanidine groups is 1. The predicted molar refractivity (Wildman–Crippen MR) is 89.6 cm³/mol. The van der Waals surface area contributed by atoms with Crippen LogP contribution >= 0.6 is 24.0 Å². The smallest absolute Gasteiger partial charge is 0.193 e. The van der Waals surface area contributed by atoms with Crippen molar-refractivity contribution in [3.05, 3.63) is 0 Å². The Hall–Kier alpha value is -0.0800. The molecule has 0 aromatic heterocycles. The first-order chi connectivity index (χ1) is 9.27. The molecule has 20 heavy (non-hydrogen) atoms. The van der Waals surface area contributed by atoms with Gasteiger partial charge < -0.3 is 19.7 Å². The summed E-state index contributed by atoms with van der Waals surface area (Å²) in [6, 6.07) is 0. The second-order valence-electron chi connectivity index (χ2n) is 5.88. The van der Waals surface area contributed by atoms with Crippen LogP contribution in [0, 0.1) is 0 Å². The van der Waals surface area contributed by atoms with Gasteiger partial charge in [0.2, 0.25) is 0 Å². The van der Waals surface area contributed by atoms with Gasteiger partial charge in [-0.25, -0.2) is 0 Å². The number of aliphatic imine (C=N–C) groups is 1. The molecular weight excluding hydrogens is 369 g/mol. The number of nitrogens with zero attached hydrogens (tertiary/aromatic N) is 2. The Morgan fingerprint density at radius 3 is 2.70 bits per heavy atom. The van der Waals surface area contributed by atoms with Crippen molar-refractivity contribution < 1.29 is 9.47 Å². The molecule has 1 N–H and O–H groups in total. The number of likely N-dealkylation sites (N-methyl/N-ethyl adjacent to an activating group) is 1. The lowest BCUT2D eigenvalue weighted by atomic mass is 10.1. The molecule has 0 amide bonds. The molecule has 2 aliphatic heterocycles. The lowest BCUT2D eigenvalue weighted by molar-refractivity contribution is -0.175. The minimum Gasteiger partial charge on any atom is -0.354 e. The van der Waals surface area contributed by atoms with E-state index in [0.29, 0.717) is 6.61 Å². The highest BCUT2D eigenvalue weighted by atomic mass is 127. The standard InChI is InChI=1S/C14H25N3O2.HI/c1-17-9-8-15-13(17)16-10-12-11-18-14(19-12)6-4-2-3-5-7-14;/h12H,2-11H2,1H3,(H,15,16);1H. The molecule has 0 aromatic rings. The average Bonchev–Trinajstić information content (AvgIpc) is 2.90. The molecule has 1 saturated heterocycles. The fourth-order valence-corrected chi connectivity index (χ4v) is 3.18. The van der Waals surface area contributed by atoms with Gasteiger partial charge in [0.15, 0.2) is 11.7 Å². The molecule has 3 rings (SSSR count). The summed E-state index contributed by atoms with van der Waals surface area (Å²) < 4.78 is 12.2. The average molecular weight is 395 g/mol. The third kappa shape index (κ3) is 3.76. The number of nitrogens with one attached hydrogen (secondary N) is 1. The van der Waals surface area contributed by atoms with E-state index in [1.54, 1.807) is 0 Å². The van der Waals surface area contributed by atoms with Crippen molar-refractivity contribution >= 4 is 29.9 Å². The monoisotopic (exact) mass is 395 g/mol. The van der Waals surface area contributed by atoms with Crippen LogP contribution in [0.25, 0.3) is 0 Å².